The molecule has 0 aliphatic heterocycles. The van der Waals surface area contributed by atoms with Crippen LogP contribution in [-0.4, -0.2) is 19.3 Å². The molecule has 0 N–H and O–H groups in total. The maximum absolute atomic E-state index is 13.7. The van der Waals surface area contributed by atoms with E-state index in [0.29, 0.717) is 16.8 Å². The predicted molar refractivity (Wildman–Crippen MR) is 89.3 cm³/mol. The highest BCUT2D eigenvalue weighted by Crippen LogP contribution is 2.34. The van der Waals surface area contributed by atoms with Crippen molar-refractivity contribution in [2.24, 2.45) is 0 Å². The van der Waals surface area contributed by atoms with Gasteiger partial charge in [0.25, 0.3) is 0 Å². The van der Waals surface area contributed by atoms with Gasteiger partial charge in [-0.15, -0.1) is 0 Å². The molecule has 1 aliphatic carbocycles. The number of methoxy groups -OCH3 is 1. The van der Waals surface area contributed by atoms with Crippen LogP contribution in [0.2, 0.25) is 0 Å². The van der Waals surface area contributed by atoms with Gasteiger partial charge in [-0.25, -0.2) is 4.39 Å². The summed E-state index contributed by atoms with van der Waals surface area (Å²) in [5.41, 5.74) is 1.17. The molecule has 0 aromatic heterocycles. The van der Waals surface area contributed by atoms with Crippen molar-refractivity contribution < 1.29 is 18.6 Å². The van der Waals surface area contributed by atoms with Crippen molar-refractivity contribution in [2.45, 2.75) is 31.7 Å². The number of halogens is 2. The molecule has 0 amide bonds. The Morgan fingerprint density at radius 1 is 1.13 bits per heavy atom. The normalized spacial score (nSPS) is 20.0. The van der Waals surface area contributed by atoms with Crippen LogP contribution in [0, 0.1) is 5.82 Å². The Labute approximate surface area is 143 Å². The third-order valence-corrected chi connectivity index (χ3v) is 4.45. The quantitative estimate of drug-likeness (QED) is 0.725. The second kappa shape index (κ2) is 7.32. The Hall–Kier alpha value is -1.59. The lowest BCUT2D eigenvalue weighted by atomic mass is 9.92. The van der Waals surface area contributed by atoms with Crippen molar-refractivity contribution in [3.8, 4) is 11.5 Å². The van der Waals surface area contributed by atoms with Crippen LogP contribution >= 0.6 is 15.9 Å². The molecular formula is C18H18BrFO3. The molecule has 1 aliphatic rings. The second-order valence-corrected chi connectivity index (χ2v) is 6.41. The monoisotopic (exact) mass is 380 g/mol. The maximum Gasteiger partial charge on any atom is 0.179 e. The summed E-state index contributed by atoms with van der Waals surface area (Å²) in [4.78, 5) is 0. The van der Waals surface area contributed by atoms with E-state index in [4.69, 9.17) is 14.2 Å². The molecule has 0 bridgehead atoms. The molecule has 2 aromatic rings. The zero-order valence-electron chi connectivity index (χ0n) is 12.8. The van der Waals surface area contributed by atoms with E-state index in [1.807, 2.05) is 18.2 Å². The number of hydrogen-bond acceptors (Lipinski definition) is 3. The lowest BCUT2D eigenvalue weighted by Crippen LogP contribution is -2.39. The lowest BCUT2D eigenvalue weighted by Gasteiger charge is -2.35. The summed E-state index contributed by atoms with van der Waals surface area (Å²) >= 11 is 3.17. The van der Waals surface area contributed by atoms with Crippen molar-refractivity contribution in [2.75, 3.05) is 7.11 Å². The van der Waals surface area contributed by atoms with Gasteiger partial charge in [-0.2, -0.15) is 0 Å². The van der Waals surface area contributed by atoms with Gasteiger partial charge in [0.1, 0.15) is 11.9 Å². The average molecular weight is 381 g/mol. The Kier molecular flexibility index (Phi) is 5.18. The minimum atomic E-state index is -0.419. The molecule has 122 valence electrons. The third-order valence-electron chi connectivity index (χ3n) is 3.87. The zero-order chi connectivity index (χ0) is 16.2. The van der Waals surface area contributed by atoms with Crippen LogP contribution in [0.1, 0.15) is 18.4 Å². The Morgan fingerprint density at radius 2 is 1.87 bits per heavy atom. The van der Waals surface area contributed by atoms with E-state index < -0.39 is 5.82 Å². The Morgan fingerprint density at radius 3 is 2.57 bits per heavy atom. The van der Waals surface area contributed by atoms with Gasteiger partial charge in [0.05, 0.1) is 24.3 Å². The smallest absolute Gasteiger partial charge is 0.179 e. The van der Waals surface area contributed by atoms with Gasteiger partial charge in [-0.05, 0) is 27.6 Å². The number of rotatable bonds is 6. The Bertz CT molecular complexity index is 657. The van der Waals surface area contributed by atoms with Crippen molar-refractivity contribution in [3.63, 3.8) is 0 Å². The summed E-state index contributed by atoms with van der Waals surface area (Å²) in [7, 11) is 1.44. The fraction of sp³-hybridized carbons (Fsp3) is 0.333. The minimum Gasteiger partial charge on any atom is -0.493 e. The summed E-state index contributed by atoms with van der Waals surface area (Å²) in [5.74, 6) is 0.352. The van der Waals surface area contributed by atoms with Gasteiger partial charge >= 0.3 is 0 Å². The van der Waals surface area contributed by atoms with Crippen molar-refractivity contribution in [3.05, 3.63) is 58.3 Å². The predicted octanol–water partition coefficient (Wildman–Crippen LogP) is 4.72. The first-order valence-corrected chi connectivity index (χ1v) is 8.30. The van der Waals surface area contributed by atoms with Gasteiger partial charge in [0.15, 0.2) is 11.6 Å². The van der Waals surface area contributed by atoms with Gasteiger partial charge < -0.3 is 14.2 Å². The molecule has 0 radical (unpaired) electrons. The van der Waals surface area contributed by atoms with E-state index in [1.54, 1.807) is 12.1 Å². The highest BCUT2D eigenvalue weighted by Gasteiger charge is 2.32. The molecule has 0 unspecified atom stereocenters. The van der Waals surface area contributed by atoms with E-state index in [0.717, 1.165) is 12.8 Å². The average Bonchev–Trinajstić information content (AvgIpc) is 2.53. The molecule has 0 atom stereocenters. The molecular weight excluding hydrogens is 363 g/mol. The van der Waals surface area contributed by atoms with Crippen LogP contribution in [0.5, 0.6) is 11.5 Å². The summed E-state index contributed by atoms with van der Waals surface area (Å²) < 4.78 is 30.7. The van der Waals surface area contributed by atoms with Gasteiger partial charge in [-0.3, -0.25) is 0 Å². The van der Waals surface area contributed by atoms with Crippen molar-refractivity contribution in [1.82, 2.24) is 0 Å². The molecule has 1 fully saturated rings. The molecule has 0 spiro atoms. The molecule has 3 nitrogen and oxygen atoms in total. The van der Waals surface area contributed by atoms with E-state index in [1.165, 1.54) is 12.7 Å². The Balaban J connectivity index is 1.48. The summed E-state index contributed by atoms with van der Waals surface area (Å²) in [6.07, 6.45) is 1.98. The first kappa shape index (κ1) is 16.3. The number of benzene rings is 2. The van der Waals surface area contributed by atoms with Crippen LogP contribution in [0.25, 0.3) is 0 Å². The van der Waals surface area contributed by atoms with Gasteiger partial charge in [0.2, 0.25) is 0 Å². The minimum absolute atomic E-state index is 0.0952. The van der Waals surface area contributed by atoms with E-state index in [-0.39, 0.29) is 18.0 Å². The molecule has 23 heavy (non-hydrogen) atoms. The fourth-order valence-electron chi connectivity index (χ4n) is 2.49. The highest BCUT2D eigenvalue weighted by atomic mass is 79.9. The number of ether oxygens (including phenoxy) is 3. The standard InChI is InChI=1S/C18H18BrFO3/c1-21-17-10-15(9-16(19)18(17)20)23-14-7-13(8-14)22-11-12-5-3-2-4-6-12/h2-6,9-10,13-14H,7-8,11H2,1H3. The van der Waals surface area contributed by atoms with Crippen molar-refractivity contribution >= 4 is 15.9 Å². The first-order valence-electron chi connectivity index (χ1n) is 7.51. The zero-order valence-corrected chi connectivity index (χ0v) is 14.4. The van der Waals surface area contributed by atoms with Gasteiger partial charge in [0, 0.05) is 18.9 Å². The van der Waals surface area contributed by atoms with Crippen molar-refractivity contribution in [1.29, 1.82) is 0 Å². The molecule has 5 heteroatoms. The van der Waals surface area contributed by atoms with E-state index in [9.17, 15) is 4.39 Å². The molecule has 2 aromatic carbocycles. The highest BCUT2D eigenvalue weighted by molar-refractivity contribution is 9.10. The van der Waals surface area contributed by atoms with Crippen LogP contribution in [0.15, 0.2) is 46.9 Å². The fourth-order valence-corrected chi connectivity index (χ4v) is 2.91. The molecule has 0 heterocycles. The van der Waals surface area contributed by atoms with Gasteiger partial charge in [-0.1, -0.05) is 30.3 Å². The summed E-state index contributed by atoms with van der Waals surface area (Å²) in [5, 5.41) is 0. The first-order chi connectivity index (χ1) is 11.2. The number of hydrogen-bond donors (Lipinski definition) is 0. The van der Waals surface area contributed by atoms with Crippen LogP contribution in [0.4, 0.5) is 4.39 Å². The largest absolute Gasteiger partial charge is 0.493 e. The third kappa shape index (κ3) is 4.03. The topological polar surface area (TPSA) is 27.7 Å². The van der Waals surface area contributed by atoms with E-state index in [2.05, 4.69) is 28.1 Å². The van der Waals surface area contributed by atoms with Crippen LogP contribution < -0.4 is 9.47 Å². The summed E-state index contributed by atoms with van der Waals surface area (Å²) in [6, 6.07) is 13.3. The summed E-state index contributed by atoms with van der Waals surface area (Å²) in [6.45, 7) is 0.619. The van der Waals surface area contributed by atoms with Crippen LogP contribution in [0.3, 0.4) is 0 Å². The second-order valence-electron chi connectivity index (χ2n) is 5.55. The SMILES string of the molecule is COc1cc(OC2CC(OCc3ccccc3)C2)cc(Br)c1F. The maximum atomic E-state index is 13.7. The molecule has 0 saturated heterocycles. The molecule has 1 saturated carbocycles. The van der Waals surface area contributed by atoms with E-state index >= 15 is 0 Å². The molecule has 3 rings (SSSR count). The lowest BCUT2D eigenvalue weighted by molar-refractivity contribution is -0.0684. The van der Waals surface area contributed by atoms with Crippen LogP contribution in [-0.2, 0) is 11.3 Å².